The molecule has 1 aromatic carbocycles. The van der Waals surface area contributed by atoms with Gasteiger partial charge < -0.3 is 4.74 Å². The van der Waals surface area contributed by atoms with Gasteiger partial charge in [-0.15, -0.1) is 6.58 Å². The molecule has 98 valence electrons. The molecule has 1 unspecified atom stereocenters. The molecule has 3 nitrogen and oxygen atoms in total. The van der Waals surface area contributed by atoms with E-state index in [0.717, 1.165) is 30.7 Å². The second kappa shape index (κ2) is 7.17. The van der Waals surface area contributed by atoms with Crippen LogP contribution in [0.3, 0.4) is 0 Å². The number of azo groups is 1. The molecule has 1 rings (SSSR count). The van der Waals surface area contributed by atoms with Crippen LogP contribution >= 0.6 is 11.6 Å². The third-order valence-electron chi connectivity index (χ3n) is 2.49. The van der Waals surface area contributed by atoms with E-state index >= 15 is 0 Å². The Bertz CT molecular complexity index is 399. The van der Waals surface area contributed by atoms with E-state index in [9.17, 15) is 0 Å². The predicted molar refractivity (Wildman–Crippen MR) is 75.8 cm³/mol. The third kappa shape index (κ3) is 5.32. The molecule has 0 heterocycles. The lowest BCUT2D eigenvalue weighted by atomic mass is 10.1. The van der Waals surface area contributed by atoms with Crippen molar-refractivity contribution in [3.8, 4) is 5.75 Å². The molecule has 0 fully saturated rings. The summed E-state index contributed by atoms with van der Waals surface area (Å²) in [5.74, 6) is 0.800. The zero-order valence-corrected chi connectivity index (χ0v) is 11.7. The zero-order chi connectivity index (χ0) is 13.4. The van der Waals surface area contributed by atoms with Gasteiger partial charge in [0.15, 0.2) is 5.00 Å². The number of ether oxygens (including phenoxy) is 1. The van der Waals surface area contributed by atoms with Gasteiger partial charge in [-0.2, -0.15) is 10.2 Å². The van der Waals surface area contributed by atoms with Gasteiger partial charge in [-0.25, -0.2) is 0 Å². The Morgan fingerprint density at radius 3 is 2.61 bits per heavy atom. The normalized spacial score (nSPS) is 14.4. The Morgan fingerprint density at radius 2 is 2.06 bits per heavy atom. The van der Waals surface area contributed by atoms with E-state index < -0.39 is 5.00 Å². The SMILES string of the molecule is C=CCCCC(C)(Cl)N=Nc1ccc(OC)cc1. The molecule has 1 atom stereocenters. The van der Waals surface area contributed by atoms with Crippen LogP contribution < -0.4 is 4.74 Å². The Hall–Kier alpha value is -1.35. The third-order valence-corrected chi connectivity index (χ3v) is 2.75. The van der Waals surface area contributed by atoms with Crippen LogP contribution in [0.5, 0.6) is 5.75 Å². The largest absolute Gasteiger partial charge is 0.497 e. The van der Waals surface area contributed by atoms with Crippen LogP contribution in [-0.4, -0.2) is 12.1 Å². The molecule has 4 heteroatoms. The number of hydrogen-bond acceptors (Lipinski definition) is 3. The number of rotatable bonds is 7. The van der Waals surface area contributed by atoms with Crippen LogP contribution in [0.4, 0.5) is 5.69 Å². The van der Waals surface area contributed by atoms with E-state index in [1.54, 1.807) is 7.11 Å². The average Bonchev–Trinajstić information content (AvgIpc) is 2.37. The van der Waals surface area contributed by atoms with Crippen molar-refractivity contribution in [1.29, 1.82) is 0 Å². The number of allylic oxidation sites excluding steroid dienone is 1. The summed E-state index contributed by atoms with van der Waals surface area (Å²) in [4.78, 5) is -0.650. The van der Waals surface area contributed by atoms with Gasteiger partial charge in [-0.1, -0.05) is 17.7 Å². The highest BCUT2D eigenvalue weighted by atomic mass is 35.5. The minimum Gasteiger partial charge on any atom is -0.497 e. The van der Waals surface area contributed by atoms with E-state index in [1.165, 1.54) is 0 Å². The first-order valence-corrected chi connectivity index (χ1v) is 6.32. The van der Waals surface area contributed by atoms with Crippen molar-refractivity contribution in [3.05, 3.63) is 36.9 Å². The molecule has 0 bridgehead atoms. The molecular weight excluding hydrogens is 248 g/mol. The summed E-state index contributed by atoms with van der Waals surface area (Å²) in [6, 6.07) is 7.38. The Labute approximate surface area is 114 Å². The van der Waals surface area contributed by atoms with Gasteiger partial charge >= 0.3 is 0 Å². The molecule has 0 aliphatic carbocycles. The summed E-state index contributed by atoms with van der Waals surface area (Å²) in [6.07, 6.45) is 4.57. The first-order valence-electron chi connectivity index (χ1n) is 5.94. The average molecular weight is 267 g/mol. The fraction of sp³-hybridized carbons (Fsp3) is 0.429. The van der Waals surface area contributed by atoms with E-state index in [2.05, 4.69) is 16.8 Å². The number of hydrogen-bond donors (Lipinski definition) is 0. The van der Waals surface area contributed by atoms with E-state index in [4.69, 9.17) is 16.3 Å². The first-order chi connectivity index (χ1) is 8.57. The summed E-state index contributed by atoms with van der Waals surface area (Å²) in [6.45, 7) is 5.55. The van der Waals surface area contributed by atoms with E-state index in [0.29, 0.717) is 0 Å². The molecule has 0 aliphatic heterocycles. The predicted octanol–water partition coefficient (Wildman–Crippen LogP) is 5.09. The van der Waals surface area contributed by atoms with Gasteiger partial charge in [-0.05, 0) is 50.5 Å². The molecule has 0 aromatic heterocycles. The lowest BCUT2D eigenvalue weighted by Crippen LogP contribution is -2.11. The van der Waals surface area contributed by atoms with Gasteiger partial charge in [0.2, 0.25) is 0 Å². The molecule has 1 aromatic rings. The van der Waals surface area contributed by atoms with Gasteiger partial charge in [0.25, 0.3) is 0 Å². The molecule has 0 amide bonds. The van der Waals surface area contributed by atoms with Crippen LogP contribution in [0, 0.1) is 0 Å². The molecular formula is C14H19ClN2O. The Balaban J connectivity index is 2.57. The van der Waals surface area contributed by atoms with Crippen molar-refractivity contribution in [2.45, 2.75) is 31.2 Å². The maximum Gasteiger partial charge on any atom is 0.152 e. The lowest BCUT2D eigenvalue weighted by molar-refractivity contribution is 0.415. The quantitative estimate of drug-likeness (QED) is 0.222. The molecule has 18 heavy (non-hydrogen) atoms. The van der Waals surface area contributed by atoms with Gasteiger partial charge in [0, 0.05) is 0 Å². The fourth-order valence-electron chi connectivity index (χ4n) is 1.43. The van der Waals surface area contributed by atoms with Gasteiger partial charge in [-0.3, -0.25) is 0 Å². The summed E-state index contributed by atoms with van der Waals surface area (Å²) in [5, 5.41) is 8.31. The highest BCUT2D eigenvalue weighted by Crippen LogP contribution is 2.27. The van der Waals surface area contributed by atoms with Crippen molar-refractivity contribution in [2.24, 2.45) is 10.2 Å². The van der Waals surface area contributed by atoms with Crippen LogP contribution in [-0.2, 0) is 0 Å². The minimum atomic E-state index is -0.650. The lowest BCUT2D eigenvalue weighted by Gasteiger charge is -2.14. The topological polar surface area (TPSA) is 34.0 Å². The first kappa shape index (κ1) is 14.7. The maximum atomic E-state index is 6.26. The maximum absolute atomic E-state index is 6.26. The summed E-state index contributed by atoms with van der Waals surface area (Å²) < 4.78 is 5.07. The number of unbranched alkanes of at least 4 members (excludes halogenated alkanes) is 1. The highest BCUT2D eigenvalue weighted by Gasteiger charge is 2.18. The van der Waals surface area contributed by atoms with E-state index in [1.807, 2.05) is 37.3 Å². The van der Waals surface area contributed by atoms with Crippen molar-refractivity contribution < 1.29 is 4.74 Å². The second-order valence-electron chi connectivity index (χ2n) is 4.22. The number of benzene rings is 1. The summed E-state index contributed by atoms with van der Waals surface area (Å²) >= 11 is 6.26. The molecule has 0 spiro atoms. The zero-order valence-electron chi connectivity index (χ0n) is 10.9. The van der Waals surface area contributed by atoms with Crippen LogP contribution in [0.15, 0.2) is 47.1 Å². The molecule has 0 saturated heterocycles. The monoisotopic (exact) mass is 266 g/mol. The van der Waals surface area contributed by atoms with Gasteiger partial charge in [0.05, 0.1) is 12.8 Å². The molecule has 0 N–H and O–H groups in total. The number of alkyl halides is 1. The number of halogens is 1. The molecule has 0 radical (unpaired) electrons. The van der Waals surface area contributed by atoms with Crippen molar-refractivity contribution in [3.63, 3.8) is 0 Å². The van der Waals surface area contributed by atoms with Crippen LogP contribution in [0.25, 0.3) is 0 Å². The Morgan fingerprint density at radius 1 is 1.39 bits per heavy atom. The minimum absolute atomic E-state index is 0.650. The van der Waals surface area contributed by atoms with Gasteiger partial charge in [0.1, 0.15) is 5.75 Å². The molecule has 0 saturated carbocycles. The van der Waals surface area contributed by atoms with Crippen LogP contribution in [0.1, 0.15) is 26.2 Å². The fourth-order valence-corrected chi connectivity index (χ4v) is 1.60. The standard InChI is InChI=1S/C14H19ClN2O/c1-4-5-6-11-14(2,15)17-16-12-7-9-13(18-3)10-8-12/h4,7-10H,1,5-6,11H2,2-3H3. The second-order valence-corrected chi connectivity index (χ2v) is 5.04. The van der Waals surface area contributed by atoms with Crippen molar-refractivity contribution >= 4 is 17.3 Å². The highest BCUT2D eigenvalue weighted by molar-refractivity contribution is 6.23. The molecule has 0 aliphatic rings. The summed E-state index contributed by atoms with van der Waals surface area (Å²) in [5.41, 5.74) is 0.770. The van der Waals surface area contributed by atoms with Crippen molar-refractivity contribution in [2.75, 3.05) is 7.11 Å². The van der Waals surface area contributed by atoms with Crippen LogP contribution in [0.2, 0.25) is 0 Å². The van der Waals surface area contributed by atoms with E-state index in [-0.39, 0.29) is 0 Å². The van der Waals surface area contributed by atoms with Crippen molar-refractivity contribution in [1.82, 2.24) is 0 Å². The smallest absolute Gasteiger partial charge is 0.152 e. The number of methoxy groups -OCH3 is 1. The Kier molecular flexibility index (Phi) is 5.86. The number of nitrogens with zero attached hydrogens (tertiary/aromatic N) is 2. The summed E-state index contributed by atoms with van der Waals surface area (Å²) in [7, 11) is 1.63.